The van der Waals surface area contributed by atoms with Crippen molar-refractivity contribution in [3.05, 3.63) is 72.2 Å². The lowest BCUT2D eigenvalue weighted by molar-refractivity contribution is -0.142. The lowest BCUT2D eigenvalue weighted by Gasteiger charge is -2.37. The maximum atomic E-state index is 13.7. The van der Waals surface area contributed by atoms with Gasteiger partial charge in [0.05, 0.1) is 12.3 Å². The van der Waals surface area contributed by atoms with Crippen LogP contribution in [0.25, 0.3) is 11.3 Å². The number of benzene rings is 2. The number of rotatable bonds is 6. The Morgan fingerprint density at radius 3 is 2.63 bits per heavy atom. The van der Waals surface area contributed by atoms with Gasteiger partial charge in [-0.05, 0) is 42.7 Å². The smallest absolute Gasteiger partial charge is 0.251 e. The fraction of sp³-hybridized carbons (Fsp3) is 0.308. The predicted molar refractivity (Wildman–Crippen MR) is 124 cm³/mol. The van der Waals surface area contributed by atoms with Crippen molar-refractivity contribution in [1.29, 1.82) is 0 Å². The van der Waals surface area contributed by atoms with Crippen molar-refractivity contribution >= 4 is 17.6 Å². The van der Waals surface area contributed by atoms with Crippen molar-refractivity contribution in [1.82, 2.24) is 15.2 Å². The number of phenolic OH excluding ortho intramolecular Hbond substituents is 1. The molecule has 3 aromatic rings. The van der Waals surface area contributed by atoms with E-state index in [4.69, 9.17) is 9.15 Å². The second-order valence-corrected chi connectivity index (χ2v) is 8.77. The van der Waals surface area contributed by atoms with Gasteiger partial charge < -0.3 is 24.5 Å². The number of oxazole rings is 1. The number of fused-ring (bicyclic) bond motifs is 1. The number of likely N-dealkylation sites (tertiary alicyclic amines) is 1. The Hall–Kier alpha value is -3.98. The van der Waals surface area contributed by atoms with E-state index in [-0.39, 0.29) is 36.6 Å². The van der Waals surface area contributed by atoms with Crippen LogP contribution in [0.5, 0.6) is 5.75 Å². The number of nitrogens with one attached hydrogen (secondary N) is 1. The van der Waals surface area contributed by atoms with Gasteiger partial charge in [0.25, 0.3) is 5.91 Å². The summed E-state index contributed by atoms with van der Waals surface area (Å²) in [6, 6.07) is 11.8. The van der Waals surface area contributed by atoms with Crippen molar-refractivity contribution in [3.63, 3.8) is 0 Å². The van der Waals surface area contributed by atoms with Crippen molar-refractivity contribution < 1.29 is 28.6 Å². The largest absolute Gasteiger partial charge is 0.508 e. The first-order valence-corrected chi connectivity index (χ1v) is 11.5. The van der Waals surface area contributed by atoms with E-state index in [1.165, 1.54) is 18.5 Å². The SMILES string of the molecule is O=C(NC(Cc1ccc(O)cc1)C(=O)N1CCCC2OCC(=O)C21)c1ccc(-c2cnco2)cc1. The molecule has 0 spiro atoms. The minimum Gasteiger partial charge on any atom is -0.508 e. The molecule has 0 radical (unpaired) electrons. The van der Waals surface area contributed by atoms with E-state index in [0.717, 1.165) is 24.0 Å². The van der Waals surface area contributed by atoms with E-state index < -0.39 is 18.0 Å². The molecule has 0 bridgehead atoms. The zero-order valence-electron chi connectivity index (χ0n) is 18.9. The van der Waals surface area contributed by atoms with Gasteiger partial charge >= 0.3 is 0 Å². The average molecular weight is 476 g/mol. The van der Waals surface area contributed by atoms with E-state index >= 15 is 0 Å². The highest BCUT2D eigenvalue weighted by Gasteiger charge is 2.45. The summed E-state index contributed by atoms with van der Waals surface area (Å²) in [5.74, 6) is -0.145. The Balaban J connectivity index is 1.37. The monoisotopic (exact) mass is 475 g/mol. The molecule has 5 rings (SSSR count). The van der Waals surface area contributed by atoms with Crippen LogP contribution < -0.4 is 5.32 Å². The number of nitrogens with zero attached hydrogens (tertiary/aromatic N) is 2. The van der Waals surface area contributed by atoms with Crippen molar-refractivity contribution in [2.45, 2.75) is 37.5 Å². The Bertz CT molecular complexity index is 1210. The summed E-state index contributed by atoms with van der Waals surface area (Å²) in [6.07, 6.45) is 4.29. The molecule has 2 saturated heterocycles. The highest BCUT2D eigenvalue weighted by atomic mass is 16.5. The molecular formula is C26H25N3O6. The summed E-state index contributed by atoms with van der Waals surface area (Å²) in [6.45, 7) is 0.439. The lowest BCUT2D eigenvalue weighted by Crippen LogP contribution is -2.58. The normalized spacial score (nSPS) is 20.3. The minimum absolute atomic E-state index is 0.00559. The van der Waals surface area contributed by atoms with Gasteiger partial charge in [0.2, 0.25) is 5.91 Å². The summed E-state index contributed by atoms with van der Waals surface area (Å²) in [5, 5.41) is 12.5. The number of piperidine rings is 1. The second kappa shape index (κ2) is 9.71. The number of Topliss-reactive ketones (excluding diaryl/α,β-unsaturated/α-hetero) is 1. The van der Waals surface area contributed by atoms with Crippen LogP contribution in [-0.4, -0.2) is 63.9 Å². The van der Waals surface area contributed by atoms with Crippen LogP contribution in [0.3, 0.4) is 0 Å². The molecule has 3 unspecified atom stereocenters. The van der Waals surface area contributed by atoms with Crippen LogP contribution >= 0.6 is 0 Å². The molecule has 3 atom stereocenters. The summed E-state index contributed by atoms with van der Waals surface area (Å²) in [7, 11) is 0. The Morgan fingerprint density at radius 1 is 1.14 bits per heavy atom. The number of carbonyl (C=O) groups excluding carboxylic acids is 3. The van der Waals surface area contributed by atoms with E-state index in [0.29, 0.717) is 17.9 Å². The molecule has 2 N–H and O–H groups in total. The highest BCUT2D eigenvalue weighted by Crippen LogP contribution is 2.27. The number of ketones is 1. The summed E-state index contributed by atoms with van der Waals surface area (Å²) in [4.78, 5) is 44.7. The summed E-state index contributed by atoms with van der Waals surface area (Å²) in [5.41, 5.74) is 1.92. The minimum atomic E-state index is -0.895. The van der Waals surface area contributed by atoms with Gasteiger partial charge in [0.1, 0.15) is 24.4 Å². The lowest BCUT2D eigenvalue weighted by atomic mass is 9.95. The first-order valence-electron chi connectivity index (χ1n) is 11.5. The molecule has 0 aliphatic carbocycles. The van der Waals surface area contributed by atoms with Crippen molar-refractivity contribution in [2.75, 3.05) is 13.2 Å². The van der Waals surface area contributed by atoms with Gasteiger partial charge in [0.15, 0.2) is 17.9 Å². The topological polar surface area (TPSA) is 122 Å². The van der Waals surface area contributed by atoms with Crippen LogP contribution in [0.1, 0.15) is 28.8 Å². The molecule has 1 aromatic heterocycles. The second-order valence-electron chi connectivity index (χ2n) is 8.77. The molecular weight excluding hydrogens is 450 g/mol. The van der Waals surface area contributed by atoms with Gasteiger partial charge in [-0.1, -0.05) is 24.3 Å². The summed E-state index contributed by atoms with van der Waals surface area (Å²) >= 11 is 0. The molecule has 2 fully saturated rings. The first-order chi connectivity index (χ1) is 17.0. The molecule has 9 nitrogen and oxygen atoms in total. The van der Waals surface area contributed by atoms with E-state index in [1.54, 1.807) is 47.5 Å². The van der Waals surface area contributed by atoms with Crippen LogP contribution in [0.2, 0.25) is 0 Å². The first kappa shape index (κ1) is 22.8. The van der Waals surface area contributed by atoms with Gasteiger partial charge in [0, 0.05) is 24.1 Å². The Labute approximate surface area is 201 Å². The van der Waals surface area contributed by atoms with Crippen LogP contribution in [0.4, 0.5) is 0 Å². The van der Waals surface area contributed by atoms with E-state index in [9.17, 15) is 19.5 Å². The summed E-state index contributed by atoms with van der Waals surface area (Å²) < 4.78 is 10.9. The maximum absolute atomic E-state index is 13.7. The molecule has 35 heavy (non-hydrogen) atoms. The fourth-order valence-electron chi connectivity index (χ4n) is 4.69. The Kier molecular flexibility index (Phi) is 6.33. The highest BCUT2D eigenvalue weighted by molar-refractivity contribution is 5.99. The van der Waals surface area contributed by atoms with Gasteiger partial charge in [-0.2, -0.15) is 0 Å². The number of ether oxygens (including phenoxy) is 1. The van der Waals surface area contributed by atoms with Gasteiger partial charge in [-0.15, -0.1) is 0 Å². The van der Waals surface area contributed by atoms with Crippen LogP contribution in [0, 0.1) is 0 Å². The Morgan fingerprint density at radius 2 is 1.91 bits per heavy atom. The fourth-order valence-corrected chi connectivity index (χ4v) is 4.69. The average Bonchev–Trinajstić information content (AvgIpc) is 3.55. The molecule has 3 heterocycles. The third-order valence-corrected chi connectivity index (χ3v) is 6.47. The molecule has 0 saturated carbocycles. The molecule has 2 aliphatic heterocycles. The maximum Gasteiger partial charge on any atom is 0.251 e. The number of aromatic nitrogens is 1. The zero-order chi connectivity index (χ0) is 24.4. The third-order valence-electron chi connectivity index (χ3n) is 6.47. The number of phenols is 1. The van der Waals surface area contributed by atoms with Gasteiger partial charge in [-0.25, -0.2) is 4.98 Å². The molecule has 2 aromatic carbocycles. The number of aromatic hydroxyl groups is 1. The van der Waals surface area contributed by atoms with Crippen LogP contribution in [0.15, 0.2) is 65.5 Å². The third kappa shape index (κ3) is 4.81. The molecule has 9 heteroatoms. The quantitative estimate of drug-likeness (QED) is 0.561. The van der Waals surface area contributed by atoms with E-state index in [1.807, 2.05) is 0 Å². The van der Waals surface area contributed by atoms with Crippen molar-refractivity contribution in [3.8, 4) is 17.1 Å². The molecule has 180 valence electrons. The van der Waals surface area contributed by atoms with Crippen LogP contribution in [-0.2, 0) is 20.7 Å². The standard InChI is InChI=1S/C26H25N3O6/c30-19-9-3-16(4-10-19)12-20(26(33)29-11-1-2-22-24(29)21(31)14-34-22)28-25(32)18-7-5-17(6-8-18)23-13-27-15-35-23/h3-10,13,15,20,22,24,30H,1-2,11-12,14H2,(H,28,32). The number of amides is 2. The van der Waals surface area contributed by atoms with Gasteiger partial charge in [-0.3, -0.25) is 14.4 Å². The molecule has 2 amide bonds. The van der Waals surface area contributed by atoms with E-state index in [2.05, 4.69) is 10.3 Å². The number of carbonyl (C=O) groups is 3. The number of hydrogen-bond acceptors (Lipinski definition) is 7. The number of hydrogen-bond donors (Lipinski definition) is 2. The van der Waals surface area contributed by atoms with Crippen molar-refractivity contribution in [2.24, 2.45) is 0 Å². The predicted octanol–water partition coefficient (Wildman–Crippen LogP) is 2.35. The molecule has 2 aliphatic rings. The zero-order valence-corrected chi connectivity index (χ0v) is 18.9.